The van der Waals surface area contributed by atoms with Crippen molar-refractivity contribution in [2.24, 2.45) is 0 Å². The fourth-order valence-electron chi connectivity index (χ4n) is 2.80. The lowest BCUT2D eigenvalue weighted by molar-refractivity contribution is 0.0920. The van der Waals surface area contributed by atoms with Crippen molar-refractivity contribution in [1.29, 1.82) is 0 Å². The Labute approximate surface area is 162 Å². The Bertz CT molecular complexity index is 818. The summed E-state index contributed by atoms with van der Waals surface area (Å²) >= 11 is 2.36. The van der Waals surface area contributed by atoms with Crippen LogP contribution in [-0.4, -0.2) is 17.2 Å². The van der Waals surface area contributed by atoms with Crippen molar-refractivity contribution in [3.63, 3.8) is 0 Å². The third kappa shape index (κ3) is 5.25. The van der Waals surface area contributed by atoms with Crippen molar-refractivity contribution in [3.05, 3.63) is 105 Å². The Morgan fingerprint density at radius 1 is 0.760 bits per heavy atom. The molecule has 0 heterocycles. The van der Waals surface area contributed by atoms with Gasteiger partial charge in [-0.3, -0.25) is 9.69 Å². The summed E-state index contributed by atoms with van der Waals surface area (Å²) in [5, 5.41) is 0. The SMILES string of the molecule is O=C(CN(Cc1ccccc1)Cc1ccccc1I)c1ccccc1. The summed E-state index contributed by atoms with van der Waals surface area (Å²) in [6.45, 7) is 1.92. The van der Waals surface area contributed by atoms with Crippen LogP contribution in [-0.2, 0) is 13.1 Å². The molecular weight excluding hydrogens is 421 g/mol. The van der Waals surface area contributed by atoms with E-state index < -0.39 is 0 Å². The first-order valence-corrected chi connectivity index (χ1v) is 9.38. The van der Waals surface area contributed by atoms with E-state index in [9.17, 15) is 4.79 Å². The molecule has 3 rings (SSSR count). The highest BCUT2D eigenvalue weighted by Crippen LogP contribution is 2.16. The summed E-state index contributed by atoms with van der Waals surface area (Å²) in [5.41, 5.74) is 3.23. The van der Waals surface area contributed by atoms with Gasteiger partial charge in [0.2, 0.25) is 0 Å². The summed E-state index contributed by atoms with van der Waals surface area (Å²) in [6, 6.07) is 28.2. The lowest BCUT2D eigenvalue weighted by Gasteiger charge is -2.22. The van der Waals surface area contributed by atoms with E-state index in [1.807, 2.05) is 54.6 Å². The number of carbonyl (C=O) groups is 1. The molecule has 0 amide bonds. The van der Waals surface area contributed by atoms with Gasteiger partial charge in [-0.2, -0.15) is 0 Å². The molecule has 25 heavy (non-hydrogen) atoms. The highest BCUT2D eigenvalue weighted by Gasteiger charge is 2.14. The Morgan fingerprint density at radius 3 is 2.04 bits per heavy atom. The number of hydrogen-bond acceptors (Lipinski definition) is 2. The Kier molecular flexibility index (Phi) is 6.36. The van der Waals surface area contributed by atoms with Crippen LogP contribution in [0.25, 0.3) is 0 Å². The molecule has 0 aliphatic heterocycles. The first kappa shape index (κ1) is 17.8. The van der Waals surface area contributed by atoms with Gasteiger partial charge in [0.25, 0.3) is 0 Å². The molecule has 0 saturated carbocycles. The molecule has 0 saturated heterocycles. The van der Waals surface area contributed by atoms with Gasteiger partial charge in [0.05, 0.1) is 6.54 Å². The van der Waals surface area contributed by atoms with Crippen molar-refractivity contribution in [1.82, 2.24) is 4.90 Å². The maximum absolute atomic E-state index is 12.7. The van der Waals surface area contributed by atoms with E-state index in [4.69, 9.17) is 0 Å². The van der Waals surface area contributed by atoms with Crippen LogP contribution in [0.5, 0.6) is 0 Å². The second-order valence-electron chi connectivity index (χ2n) is 6.01. The molecule has 2 nitrogen and oxygen atoms in total. The van der Waals surface area contributed by atoms with E-state index in [0.29, 0.717) is 6.54 Å². The number of ketones is 1. The largest absolute Gasteiger partial charge is 0.293 e. The standard InChI is InChI=1S/C22H20INO/c23-21-14-8-7-13-20(21)16-24(15-18-9-3-1-4-10-18)17-22(25)19-11-5-2-6-12-19/h1-14H,15-17H2. The zero-order valence-electron chi connectivity index (χ0n) is 13.9. The molecule has 0 atom stereocenters. The quantitative estimate of drug-likeness (QED) is 0.372. The van der Waals surface area contributed by atoms with Gasteiger partial charge in [0, 0.05) is 22.2 Å². The molecule has 0 fully saturated rings. The van der Waals surface area contributed by atoms with Gasteiger partial charge < -0.3 is 0 Å². The number of Topliss-reactive ketones (excluding diaryl/α,β-unsaturated/α-hetero) is 1. The number of carbonyl (C=O) groups excluding carboxylic acids is 1. The molecule has 0 aliphatic rings. The van der Waals surface area contributed by atoms with Crippen LogP contribution in [0, 0.1) is 3.57 Å². The zero-order chi connectivity index (χ0) is 17.5. The fraction of sp³-hybridized carbons (Fsp3) is 0.136. The molecule has 0 unspecified atom stereocenters. The maximum Gasteiger partial charge on any atom is 0.176 e. The Morgan fingerprint density at radius 2 is 1.36 bits per heavy atom. The molecule has 3 heteroatoms. The second-order valence-corrected chi connectivity index (χ2v) is 7.17. The van der Waals surface area contributed by atoms with Gasteiger partial charge in [0.1, 0.15) is 0 Å². The number of halogens is 1. The van der Waals surface area contributed by atoms with Crippen LogP contribution < -0.4 is 0 Å². The topological polar surface area (TPSA) is 20.3 Å². The summed E-state index contributed by atoms with van der Waals surface area (Å²) in [7, 11) is 0. The number of hydrogen-bond donors (Lipinski definition) is 0. The molecule has 0 aliphatic carbocycles. The molecule has 0 bridgehead atoms. The molecular formula is C22H20INO. The van der Waals surface area contributed by atoms with Crippen LogP contribution >= 0.6 is 22.6 Å². The average Bonchev–Trinajstić information content (AvgIpc) is 2.65. The highest BCUT2D eigenvalue weighted by molar-refractivity contribution is 14.1. The molecule has 0 radical (unpaired) electrons. The van der Waals surface area contributed by atoms with Crippen LogP contribution in [0.3, 0.4) is 0 Å². The van der Waals surface area contributed by atoms with Gasteiger partial charge in [-0.05, 0) is 39.8 Å². The molecule has 0 aromatic heterocycles. The molecule has 3 aromatic carbocycles. The highest BCUT2D eigenvalue weighted by atomic mass is 127. The normalized spacial score (nSPS) is 10.8. The van der Waals surface area contributed by atoms with E-state index in [2.05, 4.69) is 57.8 Å². The molecule has 3 aromatic rings. The zero-order valence-corrected chi connectivity index (χ0v) is 16.1. The van der Waals surface area contributed by atoms with Gasteiger partial charge in [-0.1, -0.05) is 78.9 Å². The van der Waals surface area contributed by atoms with Crippen molar-refractivity contribution in [2.75, 3.05) is 6.54 Å². The van der Waals surface area contributed by atoms with Gasteiger partial charge >= 0.3 is 0 Å². The third-order valence-electron chi connectivity index (χ3n) is 4.06. The minimum Gasteiger partial charge on any atom is -0.293 e. The maximum atomic E-state index is 12.7. The smallest absolute Gasteiger partial charge is 0.176 e. The van der Waals surface area contributed by atoms with Crippen molar-refractivity contribution in [2.45, 2.75) is 13.1 Å². The summed E-state index contributed by atoms with van der Waals surface area (Å²) in [5.74, 6) is 0.155. The van der Waals surface area contributed by atoms with Gasteiger partial charge in [0.15, 0.2) is 5.78 Å². The summed E-state index contributed by atoms with van der Waals surface area (Å²) in [4.78, 5) is 14.9. The van der Waals surface area contributed by atoms with Crippen LogP contribution in [0.15, 0.2) is 84.9 Å². The average molecular weight is 441 g/mol. The van der Waals surface area contributed by atoms with Crippen molar-refractivity contribution in [3.8, 4) is 0 Å². The lowest BCUT2D eigenvalue weighted by Crippen LogP contribution is -2.29. The first-order valence-electron chi connectivity index (χ1n) is 8.30. The van der Waals surface area contributed by atoms with Gasteiger partial charge in [-0.25, -0.2) is 0 Å². The number of nitrogens with zero attached hydrogens (tertiary/aromatic N) is 1. The second kappa shape index (κ2) is 8.92. The Hall–Kier alpha value is -1.98. The first-order chi connectivity index (χ1) is 12.2. The predicted octanol–water partition coefficient (Wildman–Crippen LogP) is 5.18. The van der Waals surface area contributed by atoms with Crippen molar-refractivity contribution < 1.29 is 4.79 Å². The van der Waals surface area contributed by atoms with Gasteiger partial charge in [-0.15, -0.1) is 0 Å². The minimum atomic E-state index is 0.155. The van der Waals surface area contributed by atoms with Crippen LogP contribution in [0.1, 0.15) is 21.5 Å². The number of rotatable bonds is 7. The van der Waals surface area contributed by atoms with E-state index >= 15 is 0 Å². The van der Waals surface area contributed by atoms with E-state index in [1.165, 1.54) is 14.7 Å². The van der Waals surface area contributed by atoms with E-state index in [0.717, 1.165) is 18.7 Å². The Balaban J connectivity index is 1.78. The predicted molar refractivity (Wildman–Crippen MR) is 110 cm³/mol. The number of benzene rings is 3. The van der Waals surface area contributed by atoms with E-state index in [1.54, 1.807) is 0 Å². The molecule has 0 spiro atoms. The van der Waals surface area contributed by atoms with Crippen molar-refractivity contribution >= 4 is 28.4 Å². The van der Waals surface area contributed by atoms with E-state index in [-0.39, 0.29) is 5.78 Å². The summed E-state index contributed by atoms with van der Waals surface area (Å²) < 4.78 is 1.23. The molecule has 126 valence electrons. The third-order valence-corrected chi connectivity index (χ3v) is 5.12. The molecule has 0 N–H and O–H groups in total. The summed E-state index contributed by atoms with van der Waals surface area (Å²) in [6.07, 6.45) is 0. The minimum absolute atomic E-state index is 0.155. The fourth-order valence-corrected chi connectivity index (χ4v) is 3.35. The van der Waals surface area contributed by atoms with Crippen LogP contribution in [0.2, 0.25) is 0 Å². The van der Waals surface area contributed by atoms with Crippen LogP contribution in [0.4, 0.5) is 0 Å². The lowest BCUT2D eigenvalue weighted by atomic mass is 10.1. The monoisotopic (exact) mass is 441 g/mol.